The molecule has 13 heteroatoms. The first-order chi connectivity index (χ1) is 19.4. The number of rotatable bonds is 11. The molecule has 13 nitrogen and oxygen atoms in total. The van der Waals surface area contributed by atoms with E-state index >= 15 is 0 Å². The average molecular weight is 575 g/mol. The molecule has 0 unspecified atom stereocenters. The molecule has 3 rings (SSSR count). The number of amides is 1. The molecule has 0 saturated heterocycles. The highest BCUT2D eigenvalue weighted by atomic mass is 16.6. The molecule has 222 valence electrons. The van der Waals surface area contributed by atoms with Crippen LogP contribution in [-0.4, -0.2) is 75.2 Å². The third-order valence-corrected chi connectivity index (χ3v) is 6.02. The lowest BCUT2D eigenvalue weighted by atomic mass is 10.1. The molecule has 1 amide bonds. The highest BCUT2D eigenvalue weighted by Gasteiger charge is 2.31. The van der Waals surface area contributed by atoms with E-state index in [1.54, 1.807) is 37.1 Å². The Kier molecular flexibility index (Phi) is 12.2. The largest absolute Gasteiger partial charge is 0.479 e. The van der Waals surface area contributed by atoms with Crippen LogP contribution in [0.2, 0.25) is 0 Å². The zero-order valence-electron chi connectivity index (χ0n) is 23.8. The second-order valence-electron chi connectivity index (χ2n) is 8.93. The van der Waals surface area contributed by atoms with E-state index in [1.807, 2.05) is 0 Å². The van der Waals surface area contributed by atoms with Crippen molar-refractivity contribution >= 4 is 35.0 Å². The third kappa shape index (κ3) is 8.73. The average Bonchev–Trinajstić information content (AvgIpc) is 2.96. The van der Waals surface area contributed by atoms with E-state index in [-0.39, 0.29) is 23.0 Å². The number of nitro benzene ring substituents is 1. The summed E-state index contributed by atoms with van der Waals surface area (Å²) in [4.78, 5) is 58.3. The van der Waals surface area contributed by atoms with E-state index in [4.69, 9.17) is 18.9 Å². The number of benzene rings is 2. The van der Waals surface area contributed by atoms with Crippen molar-refractivity contribution in [3.8, 4) is 11.5 Å². The van der Waals surface area contributed by atoms with E-state index in [0.717, 1.165) is 18.9 Å². The van der Waals surface area contributed by atoms with Gasteiger partial charge in [0.05, 0.1) is 36.0 Å². The minimum absolute atomic E-state index is 0.0389. The highest BCUT2D eigenvalue weighted by Crippen LogP contribution is 2.35. The normalized spacial score (nSPS) is 14.4. The maximum atomic E-state index is 12.4. The van der Waals surface area contributed by atoms with Gasteiger partial charge in [-0.25, -0.2) is 9.59 Å². The van der Waals surface area contributed by atoms with Gasteiger partial charge in [-0.2, -0.15) is 0 Å². The Labute approximate surface area is 237 Å². The quantitative estimate of drug-likeness (QED) is 0.166. The van der Waals surface area contributed by atoms with Gasteiger partial charge in [-0.1, -0.05) is 0 Å². The number of fused-ring (bicyclic) bond motifs is 1. The number of nitro groups is 1. The van der Waals surface area contributed by atoms with Gasteiger partial charge in [0.2, 0.25) is 0 Å². The fourth-order valence-electron chi connectivity index (χ4n) is 3.68. The Balaban J connectivity index is 0.000000290. The van der Waals surface area contributed by atoms with E-state index < -0.39 is 34.8 Å². The fourth-order valence-corrected chi connectivity index (χ4v) is 3.68. The van der Waals surface area contributed by atoms with Crippen LogP contribution in [0.15, 0.2) is 36.4 Å². The summed E-state index contributed by atoms with van der Waals surface area (Å²) in [6.45, 7) is 5.75. The van der Waals surface area contributed by atoms with Gasteiger partial charge in [0, 0.05) is 26.3 Å². The van der Waals surface area contributed by atoms with Crippen LogP contribution in [-0.2, 0) is 23.8 Å². The highest BCUT2D eigenvalue weighted by molar-refractivity contribution is 6.01. The van der Waals surface area contributed by atoms with E-state index in [2.05, 4.69) is 4.74 Å². The molecule has 1 heterocycles. The fraction of sp³-hybridized carbons (Fsp3) is 0.429. The Morgan fingerprint density at radius 3 is 2.20 bits per heavy atom. The molecule has 2 aromatic carbocycles. The Morgan fingerprint density at radius 1 is 1.02 bits per heavy atom. The van der Waals surface area contributed by atoms with Gasteiger partial charge in [-0.3, -0.25) is 19.7 Å². The smallest absolute Gasteiger partial charge is 0.338 e. The molecule has 0 radical (unpaired) electrons. The van der Waals surface area contributed by atoms with Crippen LogP contribution in [0.3, 0.4) is 0 Å². The van der Waals surface area contributed by atoms with Gasteiger partial charge in [0.15, 0.2) is 23.7 Å². The Hall–Kier alpha value is -4.52. The molecule has 41 heavy (non-hydrogen) atoms. The molecule has 0 aliphatic carbocycles. The standard InChI is InChI=1S/C16H21NO5.C12H13NO6/c1-11-15(18)17(8-4-5-9-20-2)13-10-12(16(19)21-3)6-7-14(13)22-11;1-7(14)8(2)19-11-5-4-9(12(15)18-3)6-10(11)13(16)17/h6-7,10-11H,4-5,8-9H2,1-3H3;4-6,8H,1-3H3/t11-;8-/m11/s1. The summed E-state index contributed by atoms with van der Waals surface area (Å²) in [5.74, 6) is -0.951. The number of esters is 2. The number of Topliss-reactive ketones (excluding diaryl/α,β-unsaturated/α-hetero) is 1. The van der Waals surface area contributed by atoms with Crippen LogP contribution >= 0.6 is 0 Å². The topological polar surface area (TPSA) is 161 Å². The minimum Gasteiger partial charge on any atom is -0.479 e. The number of carbonyl (C=O) groups excluding carboxylic acids is 4. The molecular formula is C28H34N2O11. The zero-order valence-corrected chi connectivity index (χ0v) is 23.8. The summed E-state index contributed by atoms with van der Waals surface area (Å²) in [5.41, 5.74) is 0.658. The zero-order chi connectivity index (χ0) is 30.7. The number of methoxy groups -OCH3 is 3. The summed E-state index contributed by atoms with van der Waals surface area (Å²) in [6, 6.07) is 8.63. The van der Waals surface area contributed by atoms with Gasteiger partial charge < -0.3 is 28.6 Å². The van der Waals surface area contributed by atoms with Crippen LogP contribution < -0.4 is 14.4 Å². The Morgan fingerprint density at radius 2 is 1.63 bits per heavy atom. The second kappa shape index (κ2) is 15.3. The van der Waals surface area contributed by atoms with E-state index in [0.29, 0.717) is 30.2 Å². The number of carbonyl (C=O) groups is 4. The number of nitrogens with zero attached hydrogens (tertiary/aromatic N) is 2. The van der Waals surface area contributed by atoms with E-state index in [1.165, 1.54) is 40.2 Å². The maximum absolute atomic E-state index is 12.4. The van der Waals surface area contributed by atoms with Crippen molar-refractivity contribution in [3.05, 3.63) is 57.6 Å². The number of ether oxygens (including phenoxy) is 5. The van der Waals surface area contributed by atoms with Crippen molar-refractivity contribution in [3.63, 3.8) is 0 Å². The SMILES string of the molecule is COC(=O)c1ccc(O[C@H](C)C(C)=O)c([N+](=O)[O-])c1.COCCCCN1C(=O)[C@@H](C)Oc2ccc(C(=O)OC)cc21. The number of hydrogen-bond acceptors (Lipinski definition) is 11. The molecule has 1 aliphatic heterocycles. The first kappa shape index (κ1) is 32.7. The van der Waals surface area contributed by atoms with Crippen molar-refractivity contribution in [2.75, 3.05) is 39.4 Å². The van der Waals surface area contributed by atoms with E-state index in [9.17, 15) is 29.3 Å². The van der Waals surface area contributed by atoms with Crippen molar-refractivity contribution in [2.24, 2.45) is 0 Å². The number of unbranched alkanes of at least 4 members (excludes halogenated alkanes) is 1. The molecule has 0 bridgehead atoms. The summed E-state index contributed by atoms with van der Waals surface area (Å²) in [7, 11) is 4.16. The molecular weight excluding hydrogens is 540 g/mol. The Bertz CT molecular complexity index is 1280. The van der Waals surface area contributed by atoms with Crippen molar-refractivity contribution in [2.45, 2.75) is 45.8 Å². The van der Waals surface area contributed by atoms with Gasteiger partial charge in [0.25, 0.3) is 5.91 Å². The molecule has 2 aromatic rings. The first-order valence-corrected chi connectivity index (χ1v) is 12.7. The molecule has 0 fully saturated rings. The molecule has 0 aromatic heterocycles. The predicted octanol–water partition coefficient (Wildman–Crippen LogP) is 3.75. The monoisotopic (exact) mass is 574 g/mol. The van der Waals surface area contributed by atoms with Crippen LogP contribution in [0, 0.1) is 10.1 Å². The summed E-state index contributed by atoms with van der Waals surface area (Å²) >= 11 is 0. The van der Waals surface area contributed by atoms with Gasteiger partial charge >= 0.3 is 17.6 Å². The van der Waals surface area contributed by atoms with Crippen molar-refractivity contribution in [1.82, 2.24) is 0 Å². The van der Waals surface area contributed by atoms with Crippen LogP contribution in [0.5, 0.6) is 11.5 Å². The number of ketones is 1. The predicted molar refractivity (Wildman–Crippen MR) is 147 cm³/mol. The molecule has 0 saturated carbocycles. The summed E-state index contributed by atoms with van der Waals surface area (Å²) in [5, 5.41) is 10.9. The molecule has 0 spiro atoms. The lowest BCUT2D eigenvalue weighted by Crippen LogP contribution is -2.45. The summed E-state index contributed by atoms with van der Waals surface area (Å²) in [6.07, 6.45) is 0.344. The first-order valence-electron chi connectivity index (χ1n) is 12.7. The van der Waals surface area contributed by atoms with Crippen LogP contribution in [0.1, 0.15) is 54.3 Å². The maximum Gasteiger partial charge on any atom is 0.338 e. The molecule has 1 aliphatic rings. The number of hydrogen-bond donors (Lipinski definition) is 0. The second-order valence-corrected chi connectivity index (χ2v) is 8.93. The van der Waals surface area contributed by atoms with Crippen LogP contribution in [0.4, 0.5) is 11.4 Å². The van der Waals surface area contributed by atoms with Crippen molar-refractivity contribution in [1.29, 1.82) is 0 Å². The summed E-state index contributed by atoms with van der Waals surface area (Å²) < 4.78 is 25.0. The minimum atomic E-state index is -0.803. The van der Waals surface area contributed by atoms with Crippen molar-refractivity contribution < 1.29 is 47.8 Å². The van der Waals surface area contributed by atoms with Crippen LogP contribution in [0.25, 0.3) is 0 Å². The third-order valence-electron chi connectivity index (χ3n) is 6.02. The molecule has 0 N–H and O–H groups in total. The van der Waals surface area contributed by atoms with Gasteiger partial charge in [-0.05, 0) is 63.9 Å². The lowest BCUT2D eigenvalue weighted by Gasteiger charge is -2.33. The van der Waals surface area contributed by atoms with Gasteiger partial charge in [0.1, 0.15) is 5.75 Å². The number of anilines is 1. The lowest BCUT2D eigenvalue weighted by molar-refractivity contribution is -0.386. The molecule has 2 atom stereocenters. The van der Waals surface area contributed by atoms with Gasteiger partial charge in [-0.15, -0.1) is 0 Å².